The fraction of sp³-hybridized carbons (Fsp3) is 0.444. The van der Waals surface area contributed by atoms with Gasteiger partial charge in [-0.2, -0.15) is 0 Å². The summed E-state index contributed by atoms with van der Waals surface area (Å²) < 4.78 is 2.14. The second-order valence-electron chi connectivity index (χ2n) is 5.79. The van der Waals surface area contributed by atoms with Gasteiger partial charge in [-0.1, -0.05) is 23.9 Å². The van der Waals surface area contributed by atoms with E-state index < -0.39 is 0 Å². The Morgan fingerprint density at radius 1 is 1.38 bits per heavy atom. The standard InChI is InChI=1S/C18H24N4S2/c1-23-17-6-2-5-16(13-17)14-22(18-20-7-3-12-24-18)10-4-9-21-11-8-19-15-21/h2,5-6,8,11,13,15H,3-4,7,9-10,12,14H2,1H3. The van der Waals surface area contributed by atoms with Crippen LogP contribution in [0, 0.1) is 0 Å². The number of hydrogen-bond acceptors (Lipinski definition) is 5. The lowest BCUT2D eigenvalue weighted by molar-refractivity contribution is 0.395. The van der Waals surface area contributed by atoms with Gasteiger partial charge in [0.15, 0.2) is 5.17 Å². The molecule has 128 valence electrons. The Bertz CT molecular complexity index is 655. The maximum atomic E-state index is 4.77. The molecule has 0 aliphatic carbocycles. The zero-order valence-corrected chi connectivity index (χ0v) is 15.7. The summed E-state index contributed by atoms with van der Waals surface area (Å²) in [5, 5.41) is 1.21. The number of thioether (sulfide) groups is 2. The molecule has 1 aliphatic rings. The molecule has 3 rings (SSSR count). The Labute approximate surface area is 152 Å². The van der Waals surface area contributed by atoms with E-state index in [1.54, 1.807) is 11.8 Å². The molecular formula is C18H24N4S2. The Kier molecular flexibility index (Phi) is 6.66. The van der Waals surface area contributed by atoms with Crippen molar-refractivity contribution in [3.63, 3.8) is 0 Å². The van der Waals surface area contributed by atoms with Crippen molar-refractivity contribution in [1.82, 2.24) is 14.5 Å². The number of hydrogen-bond donors (Lipinski definition) is 0. The third-order valence-corrected chi connectivity index (χ3v) is 5.83. The Balaban J connectivity index is 1.65. The van der Waals surface area contributed by atoms with Gasteiger partial charge in [0.2, 0.25) is 0 Å². The third kappa shape index (κ3) is 5.05. The highest BCUT2D eigenvalue weighted by Gasteiger charge is 2.15. The highest BCUT2D eigenvalue weighted by atomic mass is 32.2. The summed E-state index contributed by atoms with van der Waals surface area (Å²) in [6.45, 7) is 3.92. The van der Waals surface area contributed by atoms with Crippen LogP contribution >= 0.6 is 23.5 Å². The van der Waals surface area contributed by atoms with Crippen molar-refractivity contribution in [2.45, 2.75) is 30.8 Å². The lowest BCUT2D eigenvalue weighted by Gasteiger charge is -2.28. The molecule has 4 nitrogen and oxygen atoms in total. The van der Waals surface area contributed by atoms with Gasteiger partial charge in [-0.15, -0.1) is 11.8 Å². The number of benzene rings is 1. The second-order valence-corrected chi connectivity index (χ2v) is 7.74. The van der Waals surface area contributed by atoms with E-state index in [9.17, 15) is 0 Å². The molecule has 24 heavy (non-hydrogen) atoms. The van der Waals surface area contributed by atoms with Gasteiger partial charge in [0.05, 0.1) is 6.33 Å². The quantitative estimate of drug-likeness (QED) is 0.699. The number of rotatable bonds is 7. The number of imidazole rings is 1. The van der Waals surface area contributed by atoms with Crippen LogP contribution < -0.4 is 0 Å². The summed E-state index contributed by atoms with van der Waals surface area (Å²) >= 11 is 3.70. The molecule has 2 heterocycles. The number of amidine groups is 1. The van der Waals surface area contributed by atoms with Crippen LogP contribution in [0.2, 0.25) is 0 Å². The van der Waals surface area contributed by atoms with Crippen molar-refractivity contribution in [1.29, 1.82) is 0 Å². The highest BCUT2D eigenvalue weighted by molar-refractivity contribution is 8.13. The van der Waals surface area contributed by atoms with Crippen molar-refractivity contribution in [3.05, 3.63) is 48.5 Å². The molecule has 6 heteroatoms. The topological polar surface area (TPSA) is 33.4 Å². The van der Waals surface area contributed by atoms with Gasteiger partial charge >= 0.3 is 0 Å². The molecule has 0 saturated carbocycles. The molecule has 0 N–H and O–H groups in total. The molecule has 0 atom stereocenters. The summed E-state index contributed by atoms with van der Waals surface area (Å²) in [5.74, 6) is 1.18. The van der Waals surface area contributed by atoms with Crippen LogP contribution in [0.4, 0.5) is 0 Å². The summed E-state index contributed by atoms with van der Waals surface area (Å²) in [7, 11) is 0. The summed E-state index contributed by atoms with van der Waals surface area (Å²) in [4.78, 5) is 12.6. The molecule has 0 spiro atoms. The van der Waals surface area contributed by atoms with Crippen molar-refractivity contribution < 1.29 is 0 Å². The highest BCUT2D eigenvalue weighted by Crippen LogP contribution is 2.21. The molecule has 0 radical (unpaired) electrons. The van der Waals surface area contributed by atoms with Gasteiger partial charge < -0.3 is 9.47 Å². The first-order chi connectivity index (χ1) is 11.8. The average Bonchev–Trinajstić information content (AvgIpc) is 3.15. The maximum Gasteiger partial charge on any atom is 0.159 e. The largest absolute Gasteiger partial charge is 0.347 e. The predicted molar refractivity (Wildman–Crippen MR) is 105 cm³/mol. The van der Waals surface area contributed by atoms with E-state index in [0.717, 1.165) is 32.6 Å². The van der Waals surface area contributed by atoms with Crippen molar-refractivity contribution in [3.8, 4) is 0 Å². The van der Waals surface area contributed by atoms with E-state index in [0.29, 0.717) is 0 Å². The fourth-order valence-corrected chi connectivity index (χ4v) is 4.20. The molecule has 0 amide bonds. The van der Waals surface area contributed by atoms with Gasteiger partial charge in [-0.25, -0.2) is 4.98 Å². The summed E-state index contributed by atoms with van der Waals surface area (Å²) in [6, 6.07) is 8.84. The number of nitrogens with zero attached hydrogens (tertiary/aromatic N) is 4. The van der Waals surface area contributed by atoms with Gasteiger partial charge in [-0.3, -0.25) is 4.99 Å². The monoisotopic (exact) mass is 360 g/mol. The van der Waals surface area contributed by atoms with Crippen LogP contribution in [0.1, 0.15) is 18.4 Å². The molecule has 0 unspecified atom stereocenters. The van der Waals surface area contributed by atoms with E-state index in [2.05, 4.69) is 45.0 Å². The number of aromatic nitrogens is 2. The molecule has 2 aromatic rings. The first kappa shape index (κ1) is 17.4. The Hall–Kier alpha value is -1.40. The second kappa shape index (κ2) is 9.18. The molecular weight excluding hydrogens is 336 g/mol. The van der Waals surface area contributed by atoms with Gasteiger partial charge in [0.25, 0.3) is 0 Å². The van der Waals surface area contributed by atoms with Gasteiger partial charge in [0, 0.05) is 49.2 Å². The SMILES string of the molecule is CSc1cccc(CN(CCCn2ccnc2)C2=NCCCS2)c1. The van der Waals surface area contributed by atoms with Gasteiger partial charge in [0.1, 0.15) is 0 Å². The van der Waals surface area contributed by atoms with Crippen molar-refractivity contribution >= 4 is 28.7 Å². The van der Waals surface area contributed by atoms with Crippen molar-refractivity contribution in [2.75, 3.05) is 25.1 Å². The van der Waals surface area contributed by atoms with Crippen LogP contribution in [0.3, 0.4) is 0 Å². The van der Waals surface area contributed by atoms with Crippen LogP contribution in [0.15, 0.2) is 52.9 Å². The Morgan fingerprint density at radius 2 is 2.33 bits per heavy atom. The summed E-state index contributed by atoms with van der Waals surface area (Å²) in [5.41, 5.74) is 1.36. The predicted octanol–water partition coefficient (Wildman–Crippen LogP) is 3.99. The number of aryl methyl sites for hydroxylation is 1. The van der Waals surface area contributed by atoms with E-state index in [1.165, 1.54) is 27.8 Å². The van der Waals surface area contributed by atoms with Crippen molar-refractivity contribution in [2.24, 2.45) is 4.99 Å². The minimum atomic E-state index is 0.935. The normalized spacial score (nSPS) is 14.5. The van der Waals surface area contributed by atoms with Crippen LogP contribution in [0.5, 0.6) is 0 Å². The lowest BCUT2D eigenvalue weighted by Crippen LogP contribution is -2.31. The van der Waals surface area contributed by atoms with Crippen LogP contribution in [-0.2, 0) is 13.1 Å². The number of aliphatic imine (C=N–C) groups is 1. The lowest BCUT2D eigenvalue weighted by atomic mass is 10.2. The molecule has 0 fully saturated rings. The molecule has 0 saturated heterocycles. The minimum Gasteiger partial charge on any atom is -0.347 e. The van der Waals surface area contributed by atoms with Crippen LogP contribution in [0.25, 0.3) is 0 Å². The summed E-state index contributed by atoms with van der Waals surface area (Å²) in [6.07, 6.45) is 10.2. The minimum absolute atomic E-state index is 0.935. The van der Waals surface area contributed by atoms with Crippen LogP contribution in [-0.4, -0.2) is 44.7 Å². The van der Waals surface area contributed by atoms with E-state index in [4.69, 9.17) is 4.99 Å². The van der Waals surface area contributed by atoms with E-state index in [1.807, 2.05) is 30.5 Å². The maximum absolute atomic E-state index is 4.77. The zero-order valence-electron chi connectivity index (χ0n) is 14.1. The molecule has 1 aromatic carbocycles. The van der Waals surface area contributed by atoms with E-state index in [-0.39, 0.29) is 0 Å². The molecule has 0 bridgehead atoms. The average molecular weight is 361 g/mol. The zero-order chi connectivity index (χ0) is 16.6. The molecule has 1 aromatic heterocycles. The first-order valence-corrected chi connectivity index (χ1v) is 10.6. The van der Waals surface area contributed by atoms with Gasteiger partial charge in [-0.05, 0) is 36.8 Å². The van der Waals surface area contributed by atoms with E-state index >= 15 is 0 Å². The third-order valence-electron chi connectivity index (χ3n) is 3.96. The first-order valence-electron chi connectivity index (χ1n) is 8.36. The molecule has 1 aliphatic heterocycles. The Morgan fingerprint density at radius 3 is 3.08 bits per heavy atom. The smallest absolute Gasteiger partial charge is 0.159 e. The fourth-order valence-electron chi connectivity index (χ4n) is 2.74.